The number of H-pyrrole nitrogens is 2. The van der Waals surface area contributed by atoms with Gasteiger partial charge in [-0.1, -0.05) is 0 Å². The van der Waals surface area contributed by atoms with Gasteiger partial charge in [-0.25, -0.2) is 4.98 Å². The van der Waals surface area contributed by atoms with Gasteiger partial charge in [-0.2, -0.15) is 0 Å². The van der Waals surface area contributed by atoms with Gasteiger partial charge in [0.1, 0.15) is 11.4 Å². The van der Waals surface area contributed by atoms with Gasteiger partial charge < -0.3 is 20.0 Å². The van der Waals surface area contributed by atoms with Crippen molar-refractivity contribution in [3.8, 4) is 11.4 Å². The first-order valence-corrected chi connectivity index (χ1v) is 12.3. The molecule has 0 atom stereocenters. The highest BCUT2D eigenvalue weighted by Crippen LogP contribution is 2.36. The van der Waals surface area contributed by atoms with Gasteiger partial charge in [-0.05, 0) is 60.4 Å². The minimum absolute atomic E-state index is 0.126. The third-order valence-corrected chi connectivity index (χ3v) is 7.98. The molecule has 0 bridgehead atoms. The first-order chi connectivity index (χ1) is 15.7. The van der Waals surface area contributed by atoms with Crippen LogP contribution in [0.3, 0.4) is 0 Å². The summed E-state index contributed by atoms with van der Waals surface area (Å²) < 4.78 is 6.39. The van der Waals surface area contributed by atoms with Crippen molar-refractivity contribution < 1.29 is 4.74 Å². The van der Waals surface area contributed by atoms with E-state index in [0.29, 0.717) is 24.6 Å². The molecule has 1 saturated heterocycles. The van der Waals surface area contributed by atoms with E-state index in [1.54, 1.807) is 11.3 Å². The molecule has 32 heavy (non-hydrogen) atoms. The van der Waals surface area contributed by atoms with Gasteiger partial charge in [0.05, 0.1) is 46.2 Å². The summed E-state index contributed by atoms with van der Waals surface area (Å²) in [6, 6.07) is 7.46. The average Bonchev–Trinajstić information content (AvgIpc) is 3.40. The summed E-state index contributed by atoms with van der Waals surface area (Å²) in [4.78, 5) is 27.2. The number of benzene rings is 1. The second-order valence-corrected chi connectivity index (χ2v) is 10.2. The molecule has 0 spiro atoms. The smallest absolute Gasteiger partial charge is 0.261 e. The Labute approximate surface area is 188 Å². The largest absolute Gasteiger partial charge is 0.377 e. The van der Waals surface area contributed by atoms with Crippen LogP contribution in [0.2, 0.25) is 0 Å². The molecule has 2 fully saturated rings. The van der Waals surface area contributed by atoms with Crippen LogP contribution in [0.5, 0.6) is 0 Å². The van der Waals surface area contributed by atoms with Crippen LogP contribution in [-0.4, -0.2) is 58.2 Å². The Bertz CT molecular complexity index is 1350. The first-order valence-electron chi connectivity index (χ1n) is 11.5. The molecule has 164 valence electrons. The molecule has 3 aromatic heterocycles. The molecule has 3 N–H and O–H groups in total. The predicted octanol–water partition coefficient (Wildman–Crippen LogP) is 3.51. The highest BCUT2D eigenvalue weighted by Gasteiger charge is 2.30. The number of hydrogen-bond donors (Lipinski definition) is 3. The van der Waals surface area contributed by atoms with Crippen LogP contribution < -0.4 is 10.9 Å². The number of hydrogen-bond acceptors (Lipinski definition) is 6. The molecule has 7 rings (SSSR count). The van der Waals surface area contributed by atoms with E-state index in [0.717, 1.165) is 58.9 Å². The van der Waals surface area contributed by atoms with E-state index in [9.17, 15) is 4.79 Å². The molecule has 1 aromatic carbocycles. The summed E-state index contributed by atoms with van der Waals surface area (Å²) in [5.74, 6) is 0.624. The van der Waals surface area contributed by atoms with Crippen molar-refractivity contribution >= 4 is 38.3 Å². The minimum Gasteiger partial charge on any atom is -0.377 e. The number of anilines is 1. The van der Waals surface area contributed by atoms with Crippen molar-refractivity contribution in [1.82, 2.24) is 19.9 Å². The monoisotopic (exact) mass is 447 g/mol. The van der Waals surface area contributed by atoms with Gasteiger partial charge in [0.2, 0.25) is 0 Å². The molecular formula is C24H25N5O2S. The summed E-state index contributed by atoms with van der Waals surface area (Å²) in [5, 5.41) is 5.55. The summed E-state index contributed by atoms with van der Waals surface area (Å²) >= 11 is 1.63. The lowest BCUT2D eigenvalue weighted by molar-refractivity contribution is 0.0212. The van der Waals surface area contributed by atoms with Crippen LogP contribution in [0.25, 0.3) is 32.6 Å². The molecule has 0 unspecified atom stereocenters. The maximum absolute atomic E-state index is 13.1. The molecule has 1 aliphatic carbocycles. The Kier molecular flexibility index (Phi) is 4.22. The van der Waals surface area contributed by atoms with Crippen LogP contribution in [0.4, 0.5) is 5.69 Å². The van der Waals surface area contributed by atoms with Crippen LogP contribution >= 0.6 is 11.3 Å². The lowest BCUT2D eigenvalue weighted by atomic mass is 10.0. The average molecular weight is 448 g/mol. The zero-order valence-electron chi connectivity index (χ0n) is 17.7. The molecule has 0 radical (unpaired) electrons. The normalized spacial score (nSPS) is 19.8. The number of rotatable bonds is 4. The Morgan fingerprint density at radius 1 is 1.09 bits per heavy atom. The molecule has 1 saturated carbocycles. The van der Waals surface area contributed by atoms with E-state index in [1.165, 1.54) is 24.0 Å². The zero-order chi connectivity index (χ0) is 21.2. The summed E-state index contributed by atoms with van der Waals surface area (Å²) in [6.07, 6.45) is 4.86. The van der Waals surface area contributed by atoms with Gasteiger partial charge in [-0.15, -0.1) is 11.3 Å². The third kappa shape index (κ3) is 3.09. The number of thiophene rings is 1. The van der Waals surface area contributed by atoms with E-state index in [4.69, 9.17) is 9.72 Å². The standard InChI is InChI=1S/C24H25N5O2S/c30-24-20(21(25-15-11-31-12-15)22-17(28-24)5-8-32-22)23-26-18-9-13-3-6-29(16-1-2-16)7-4-14(13)10-19(18)27-23/h5,8-10,15-16H,1-4,6-7,11-12H2,(H,26,27)(H2,25,28,30). The molecule has 4 aromatic rings. The summed E-state index contributed by atoms with van der Waals surface area (Å²) in [6.45, 7) is 3.58. The second kappa shape index (κ2) is 7.16. The Morgan fingerprint density at radius 3 is 2.66 bits per heavy atom. The third-order valence-electron chi connectivity index (χ3n) is 7.04. The number of pyridine rings is 1. The first kappa shape index (κ1) is 18.8. The number of imidazole rings is 1. The van der Waals surface area contributed by atoms with Crippen LogP contribution in [-0.2, 0) is 17.6 Å². The van der Waals surface area contributed by atoms with Gasteiger partial charge in [0, 0.05) is 19.1 Å². The van der Waals surface area contributed by atoms with Crippen molar-refractivity contribution in [1.29, 1.82) is 0 Å². The van der Waals surface area contributed by atoms with E-state index in [2.05, 4.69) is 32.3 Å². The number of fused-ring (bicyclic) bond motifs is 3. The lowest BCUT2D eigenvalue weighted by Gasteiger charge is -2.28. The Hall–Kier alpha value is -2.68. The summed E-state index contributed by atoms with van der Waals surface area (Å²) in [5.41, 5.74) is 6.90. The van der Waals surface area contributed by atoms with E-state index in [-0.39, 0.29) is 11.6 Å². The molecule has 0 amide bonds. The Balaban J connectivity index is 1.32. The highest BCUT2D eigenvalue weighted by molar-refractivity contribution is 7.17. The van der Waals surface area contributed by atoms with E-state index in [1.807, 2.05) is 11.4 Å². The number of ether oxygens (including phenoxy) is 1. The highest BCUT2D eigenvalue weighted by atomic mass is 32.1. The van der Waals surface area contributed by atoms with Gasteiger partial charge in [-0.3, -0.25) is 9.69 Å². The fraction of sp³-hybridized carbons (Fsp3) is 0.417. The molecule has 7 nitrogen and oxygen atoms in total. The topological polar surface area (TPSA) is 86.0 Å². The molecule has 3 aliphatic rings. The molecule has 5 heterocycles. The molecule has 2 aliphatic heterocycles. The Morgan fingerprint density at radius 2 is 1.91 bits per heavy atom. The van der Waals surface area contributed by atoms with Crippen molar-refractivity contribution in [2.24, 2.45) is 0 Å². The lowest BCUT2D eigenvalue weighted by Crippen LogP contribution is -2.40. The number of nitrogens with one attached hydrogen (secondary N) is 3. The summed E-state index contributed by atoms with van der Waals surface area (Å²) in [7, 11) is 0. The van der Waals surface area contributed by atoms with Gasteiger partial charge in [0.15, 0.2) is 0 Å². The van der Waals surface area contributed by atoms with Gasteiger partial charge in [0.25, 0.3) is 5.56 Å². The predicted molar refractivity (Wildman–Crippen MR) is 128 cm³/mol. The van der Waals surface area contributed by atoms with E-state index < -0.39 is 0 Å². The van der Waals surface area contributed by atoms with Crippen LogP contribution in [0.15, 0.2) is 28.4 Å². The number of aromatic nitrogens is 3. The number of nitrogens with zero attached hydrogens (tertiary/aromatic N) is 2. The zero-order valence-corrected chi connectivity index (χ0v) is 18.6. The van der Waals surface area contributed by atoms with Gasteiger partial charge >= 0.3 is 0 Å². The van der Waals surface area contributed by atoms with Crippen molar-refractivity contribution in [3.05, 3.63) is 45.1 Å². The van der Waals surface area contributed by atoms with E-state index >= 15 is 0 Å². The SMILES string of the molecule is O=c1[nH]c2ccsc2c(NC2COC2)c1-c1nc2cc3c(cc2[nH]1)CCN(C1CC1)CC3. The minimum atomic E-state index is -0.126. The quantitative estimate of drug-likeness (QED) is 0.446. The van der Waals surface area contributed by atoms with Crippen LogP contribution in [0.1, 0.15) is 24.0 Å². The van der Waals surface area contributed by atoms with Crippen molar-refractivity contribution in [2.45, 2.75) is 37.8 Å². The van der Waals surface area contributed by atoms with Crippen molar-refractivity contribution in [2.75, 3.05) is 31.6 Å². The second-order valence-electron chi connectivity index (χ2n) is 9.24. The molecule has 8 heteroatoms. The fourth-order valence-corrected chi connectivity index (χ4v) is 5.94. The van der Waals surface area contributed by atoms with Crippen molar-refractivity contribution in [3.63, 3.8) is 0 Å². The number of aromatic amines is 2. The fourth-order valence-electron chi connectivity index (χ4n) is 5.07. The van der Waals surface area contributed by atoms with Crippen LogP contribution in [0, 0.1) is 0 Å². The maximum atomic E-state index is 13.1. The maximum Gasteiger partial charge on any atom is 0.261 e. The molecular weight excluding hydrogens is 422 g/mol.